The van der Waals surface area contributed by atoms with Gasteiger partial charge in [-0.25, -0.2) is 0 Å². The molecule has 0 atom stereocenters. The van der Waals surface area contributed by atoms with Crippen molar-refractivity contribution in [2.24, 2.45) is 0 Å². The van der Waals surface area contributed by atoms with E-state index in [1.54, 1.807) is 0 Å². The van der Waals surface area contributed by atoms with Gasteiger partial charge in [-0.3, -0.25) is 0 Å². The van der Waals surface area contributed by atoms with Gasteiger partial charge in [0.15, 0.2) is 0 Å². The first-order valence-corrected chi connectivity index (χ1v) is 15.5. The van der Waals surface area contributed by atoms with Crippen LogP contribution in [-0.2, 0) is 0 Å². The molecular weight excluding hydrogens is 544 g/mol. The first-order chi connectivity index (χ1) is 22.1. The fourth-order valence-corrected chi connectivity index (χ4v) is 6.23. The van der Waals surface area contributed by atoms with Crippen LogP contribution in [-0.4, -0.2) is 7.05 Å². The van der Waals surface area contributed by atoms with Gasteiger partial charge in [-0.2, -0.15) is 0 Å². The predicted molar refractivity (Wildman–Crippen MR) is 195 cm³/mol. The Labute approximate surface area is 266 Å². The molecule has 0 aliphatic heterocycles. The Morgan fingerprint density at radius 3 is 1.80 bits per heavy atom. The molecule has 2 nitrogen and oxygen atoms in total. The number of aryl methyl sites for hydroxylation is 1. The molecule has 0 unspecified atom stereocenters. The Morgan fingerprint density at radius 2 is 1.02 bits per heavy atom. The molecule has 0 aromatic heterocycles. The number of hydrogen-bond acceptors (Lipinski definition) is 2. The SMILES string of the molecule is C/C=C(\c1ccccc1C)N(c1ccccc1)c1ccc2cc(-c3ccc(N(C)c4ccc5ccccc5c4)cc3)ccc2c1. The van der Waals surface area contributed by atoms with Crippen molar-refractivity contribution in [1.29, 1.82) is 0 Å². The van der Waals surface area contributed by atoms with Gasteiger partial charge in [-0.1, -0.05) is 109 Å². The van der Waals surface area contributed by atoms with Gasteiger partial charge in [0.2, 0.25) is 0 Å². The minimum Gasteiger partial charge on any atom is -0.345 e. The van der Waals surface area contributed by atoms with Gasteiger partial charge >= 0.3 is 0 Å². The highest BCUT2D eigenvalue weighted by molar-refractivity contribution is 5.95. The Morgan fingerprint density at radius 1 is 0.467 bits per heavy atom. The van der Waals surface area contributed by atoms with Gasteiger partial charge in [-0.15, -0.1) is 0 Å². The summed E-state index contributed by atoms with van der Waals surface area (Å²) in [6.45, 7) is 4.30. The van der Waals surface area contributed by atoms with E-state index in [1.807, 2.05) is 0 Å². The molecule has 0 aliphatic rings. The Hall–Kier alpha value is -5.60. The second-order valence-corrected chi connectivity index (χ2v) is 11.5. The predicted octanol–water partition coefficient (Wildman–Crippen LogP) is 11.9. The number of hydrogen-bond donors (Lipinski definition) is 0. The highest BCUT2D eigenvalue weighted by Crippen LogP contribution is 2.38. The summed E-state index contributed by atoms with van der Waals surface area (Å²) < 4.78 is 0. The molecule has 218 valence electrons. The molecule has 45 heavy (non-hydrogen) atoms. The number of fused-ring (bicyclic) bond motifs is 2. The average molecular weight is 581 g/mol. The molecule has 0 amide bonds. The van der Waals surface area contributed by atoms with Crippen molar-refractivity contribution >= 4 is 50.0 Å². The molecular formula is C43H36N2. The Kier molecular flexibility index (Phi) is 7.63. The van der Waals surface area contributed by atoms with Crippen LogP contribution in [0.4, 0.5) is 22.7 Å². The van der Waals surface area contributed by atoms with E-state index in [-0.39, 0.29) is 0 Å². The van der Waals surface area contributed by atoms with Crippen LogP contribution < -0.4 is 9.80 Å². The molecule has 0 heterocycles. The molecule has 0 saturated heterocycles. The van der Waals surface area contributed by atoms with Gasteiger partial charge in [0, 0.05) is 41.1 Å². The van der Waals surface area contributed by atoms with Gasteiger partial charge in [0.1, 0.15) is 0 Å². The van der Waals surface area contributed by atoms with Crippen molar-refractivity contribution in [1.82, 2.24) is 0 Å². The van der Waals surface area contributed by atoms with Crippen LogP contribution in [0.25, 0.3) is 38.4 Å². The molecule has 0 aliphatic carbocycles. The summed E-state index contributed by atoms with van der Waals surface area (Å²) in [5, 5.41) is 4.95. The van der Waals surface area contributed by atoms with Crippen LogP contribution in [0, 0.1) is 6.92 Å². The van der Waals surface area contributed by atoms with Crippen molar-refractivity contribution in [3.63, 3.8) is 0 Å². The average Bonchev–Trinajstić information content (AvgIpc) is 3.10. The van der Waals surface area contributed by atoms with Crippen LogP contribution in [0.15, 0.2) is 164 Å². The molecule has 0 radical (unpaired) electrons. The maximum Gasteiger partial charge on any atom is 0.0494 e. The lowest BCUT2D eigenvalue weighted by atomic mass is 9.99. The zero-order valence-electron chi connectivity index (χ0n) is 26.0. The zero-order valence-corrected chi connectivity index (χ0v) is 26.0. The maximum atomic E-state index is 2.36. The molecule has 0 N–H and O–H groups in total. The van der Waals surface area contributed by atoms with E-state index in [0.29, 0.717) is 0 Å². The molecule has 0 bridgehead atoms. The van der Waals surface area contributed by atoms with E-state index in [4.69, 9.17) is 0 Å². The summed E-state index contributed by atoms with van der Waals surface area (Å²) in [7, 11) is 2.13. The molecule has 7 aromatic carbocycles. The number of allylic oxidation sites excluding steroid dienone is 1. The Bertz CT molecular complexity index is 2140. The minimum absolute atomic E-state index is 1.14. The summed E-state index contributed by atoms with van der Waals surface area (Å²) in [5.41, 5.74) is 10.7. The van der Waals surface area contributed by atoms with Crippen molar-refractivity contribution in [2.75, 3.05) is 16.8 Å². The number of rotatable bonds is 7. The molecule has 7 aromatic rings. The smallest absolute Gasteiger partial charge is 0.0494 e. The summed E-state index contributed by atoms with van der Waals surface area (Å²) in [6, 6.07) is 56.8. The summed E-state index contributed by atoms with van der Waals surface area (Å²) >= 11 is 0. The van der Waals surface area contributed by atoms with Gasteiger partial charge in [-0.05, 0) is 107 Å². The quantitative estimate of drug-likeness (QED) is 0.185. The standard InChI is InChI=1S/C43H36N2/c1-4-43(42-17-11-8-12-31(42)2)45(39-15-6-5-7-16-39)41-27-23-36-28-35(18-19-37(36)30-41)33-20-24-38(25-21-33)44(3)40-26-22-32-13-9-10-14-34(32)29-40/h4-30H,1-3H3/b43-4+. The second kappa shape index (κ2) is 12.2. The molecule has 2 heteroatoms. The maximum absolute atomic E-state index is 2.36. The lowest BCUT2D eigenvalue weighted by Crippen LogP contribution is -2.16. The minimum atomic E-state index is 1.14. The van der Waals surface area contributed by atoms with Crippen LogP contribution in [0.1, 0.15) is 18.1 Å². The van der Waals surface area contributed by atoms with E-state index in [1.165, 1.54) is 55.2 Å². The number of para-hydroxylation sites is 1. The largest absolute Gasteiger partial charge is 0.345 e. The van der Waals surface area contributed by atoms with E-state index in [2.05, 4.69) is 194 Å². The number of benzene rings is 7. The molecule has 0 spiro atoms. The van der Waals surface area contributed by atoms with E-state index >= 15 is 0 Å². The third kappa shape index (κ3) is 5.59. The fourth-order valence-electron chi connectivity index (χ4n) is 6.23. The topological polar surface area (TPSA) is 6.48 Å². The van der Waals surface area contributed by atoms with Crippen LogP contribution in [0.2, 0.25) is 0 Å². The number of nitrogens with zero attached hydrogens (tertiary/aromatic N) is 2. The third-order valence-electron chi connectivity index (χ3n) is 8.74. The lowest BCUT2D eigenvalue weighted by molar-refractivity contribution is 1.21. The van der Waals surface area contributed by atoms with Crippen molar-refractivity contribution < 1.29 is 0 Å². The fraction of sp³-hybridized carbons (Fsp3) is 0.0698. The molecule has 0 fully saturated rings. The summed E-state index contributed by atoms with van der Waals surface area (Å²) in [4.78, 5) is 4.60. The van der Waals surface area contributed by atoms with Gasteiger partial charge in [0.25, 0.3) is 0 Å². The normalized spacial score (nSPS) is 11.6. The monoisotopic (exact) mass is 580 g/mol. The highest BCUT2D eigenvalue weighted by atomic mass is 15.1. The van der Waals surface area contributed by atoms with E-state index < -0.39 is 0 Å². The third-order valence-corrected chi connectivity index (χ3v) is 8.74. The Balaban J connectivity index is 1.19. The lowest BCUT2D eigenvalue weighted by Gasteiger charge is -2.29. The van der Waals surface area contributed by atoms with Gasteiger partial charge in [0.05, 0.1) is 0 Å². The first kappa shape index (κ1) is 28.2. The molecule has 7 rings (SSSR count). The van der Waals surface area contributed by atoms with E-state index in [0.717, 1.165) is 17.1 Å². The van der Waals surface area contributed by atoms with Gasteiger partial charge < -0.3 is 9.80 Å². The van der Waals surface area contributed by atoms with Crippen molar-refractivity contribution in [3.05, 3.63) is 175 Å². The van der Waals surface area contributed by atoms with Crippen molar-refractivity contribution in [3.8, 4) is 11.1 Å². The van der Waals surface area contributed by atoms with Crippen molar-refractivity contribution in [2.45, 2.75) is 13.8 Å². The summed E-state index contributed by atoms with van der Waals surface area (Å²) in [6.07, 6.45) is 2.21. The van der Waals surface area contributed by atoms with E-state index in [9.17, 15) is 0 Å². The van der Waals surface area contributed by atoms with Crippen LogP contribution >= 0.6 is 0 Å². The number of anilines is 4. The van der Waals surface area contributed by atoms with Crippen LogP contribution in [0.5, 0.6) is 0 Å². The summed E-state index contributed by atoms with van der Waals surface area (Å²) in [5.74, 6) is 0. The van der Waals surface area contributed by atoms with Crippen LogP contribution in [0.3, 0.4) is 0 Å². The molecule has 0 saturated carbocycles. The highest BCUT2D eigenvalue weighted by Gasteiger charge is 2.18. The zero-order chi connectivity index (χ0) is 30.8. The first-order valence-electron chi connectivity index (χ1n) is 15.5. The second-order valence-electron chi connectivity index (χ2n) is 11.5.